The van der Waals surface area contributed by atoms with Gasteiger partial charge in [-0.1, -0.05) is 30.3 Å². The van der Waals surface area contributed by atoms with Gasteiger partial charge in [0, 0.05) is 10.9 Å². The molecule has 2 aromatic carbocycles. The van der Waals surface area contributed by atoms with E-state index in [0.29, 0.717) is 10.8 Å². The molecular weight excluding hydrogens is 428 g/mol. The average Bonchev–Trinajstić information content (AvgIpc) is 3.21. The number of nitrogens with one attached hydrogen (secondary N) is 1. The Balaban J connectivity index is 1.26. The molecular formula is C27H26N4O3. The van der Waals surface area contributed by atoms with Gasteiger partial charge in [0.15, 0.2) is 5.69 Å². The lowest BCUT2D eigenvalue weighted by Gasteiger charge is -2.57. The highest BCUT2D eigenvalue weighted by Gasteiger charge is 2.52. The van der Waals surface area contributed by atoms with Gasteiger partial charge in [0.05, 0.1) is 16.4 Å². The first-order valence-corrected chi connectivity index (χ1v) is 12.2. The molecule has 34 heavy (non-hydrogen) atoms. The van der Waals surface area contributed by atoms with Crippen molar-refractivity contribution in [3.63, 3.8) is 0 Å². The fourth-order valence-electron chi connectivity index (χ4n) is 7.51. The van der Waals surface area contributed by atoms with Crippen molar-refractivity contribution in [3.05, 3.63) is 70.4 Å². The third kappa shape index (κ3) is 2.95. The molecule has 4 aromatic rings. The Bertz CT molecular complexity index is 1470. The van der Waals surface area contributed by atoms with Gasteiger partial charge in [0.2, 0.25) is 0 Å². The minimum atomic E-state index is -0.559. The number of hydrogen-bond acceptors (Lipinski definition) is 5. The Kier molecular flexibility index (Phi) is 4.26. The molecule has 0 radical (unpaired) electrons. The maximum absolute atomic E-state index is 13.1. The maximum Gasteiger partial charge on any atom is 0.359 e. The van der Waals surface area contributed by atoms with Crippen molar-refractivity contribution in [2.45, 2.75) is 50.7 Å². The second-order valence-electron chi connectivity index (χ2n) is 10.5. The van der Waals surface area contributed by atoms with Crippen LogP contribution in [0.4, 0.5) is 0 Å². The van der Waals surface area contributed by atoms with E-state index in [-0.39, 0.29) is 23.4 Å². The first-order valence-electron chi connectivity index (χ1n) is 12.2. The number of para-hydroxylation sites is 2. The van der Waals surface area contributed by atoms with Crippen LogP contribution in [-0.4, -0.2) is 25.7 Å². The predicted molar refractivity (Wildman–Crippen MR) is 127 cm³/mol. The monoisotopic (exact) mass is 454 g/mol. The standard InChI is InChI=1S/C27H26N4O3/c32-25-20-6-2-1-5-19(20)24(29-30-25)26(33)34-15-23-28-21-7-3-4-8-22(21)31(23)27-12-16-9-17(13-27)11-18(10-16)14-27/h1-8,16-18H,9-15H2,(H,30,32). The normalized spacial score (nSPS) is 27.5. The summed E-state index contributed by atoms with van der Waals surface area (Å²) in [7, 11) is 0. The Morgan fingerprint density at radius 3 is 2.35 bits per heavy atom. The Hall–Kier alpha value is -3.48. The molecule has 172 valence electrons. The number of fused-ring (bicyclic) bond motifs is 2. The number of rotatable bonds is 4. The number of H-pyrrole nitrogens is 1. The number of nitrogens with zero attached hydrogens (tertiary/aromatic N) is 3. The topological polar surface area (TPSA) is 89.9 Å². The fraction of sp³-hybridized carbons (Fsp3) is 0.407. The highest BCUT2D eigenvalue weighted by Crippen LogP contribution is 2.59. The largest absolute Gasteiger partial charge is 0.453 e. The van der Waals surface area contributed by atoms with E-state index in [2.05, 4.69) is 26.9 Å². The van der Waals surface area contributed by atoms with Crippen LogP contribution in [0, 0.1) is 17.8 Å². The maximum atomic E-state index is 13.1. The van der Waals surface area contributed by atoms with Gasteiger partial charge in [-0.25, -0.2) is 14.9 Å². The van der Waals surface area contributed by atoms with Crippen LogP contribution in [0.3, 0.4) is 0 Å². The van der Waals surface area contributed by atoms with Gasteiger partial charge in [-0.05, 0) is 74.5 Å². The second kappa shape index (κ2) is 7.26. The molecule has 0 spiro atoms. The van der Waals surface area contributed by atoms with E-state index in [1.54, 1.807) is 24.3 Å². The number of aromatic amines is 1. The molecule has 0 saturated heterocycles. The summed E-state index contributed by atoms with van der Waals surface area (Å²) in [6.07, 6.45) is 7.65. The number of imidazole rings is 1. The van der Waals surface area contributed by atoms with Crippen molar-refractivity contribution in [3.8, 4) is 0 Å². The van der Waals surface area contributed by atoms with E-state index < -0.39 is 5.97 Å². The minimum absolute atomic E-state index is 0.0650. The summed E-state index contributed by atoms with van der Waals surface area (Å²) >= 11 is 0. The van der Waals surface area contributed by atoms with Crippen LogP contribution in [-0.2, 0) is 16.9 Å². The van der Waals surface area contributed by atoms with Crippen molar-refractivity contribution in [1.29, 1.82) is 0 Å². The third-order valence-corrected chi connectivity index (χ3v) is 8.33. The summed E-state index contributed by atoms with van der Waals surface area (Å²) in [6.45, 7) is 0.0738. The van der Waals surface area contributed by atoms with Gasteiger partial charge >= 0.3 is 5.97 Å². The highest BCUT2D eigenvalue weighted by atomic mass is 16.5. The molecule has 4 aliphatic carbocycles. The molecule has 4 aliphatic rings. The van der Waals surface area contributed by atoms with Crippen LogP contribution in [0.5, 0.6) is 0 Å². The summed E-state index contributed by atoms with van der Waals surface area (Å²) in [5.41, 5.74) is 1.93. The molecule has 1 N–H and O–H groups in total. The first-order chi connectivity index (χ1) is 16.6. The van der Waals surface area contributed by atoms with Crippen LogP contribution in [0.1, 0.15) is 54.8 Å². The van der Waals surface area contributed by atoms with Crippen LogP contribution in [0.25, 0.3) is 21.8 Å². The molecule has 0 unspecified atom stereocenters. The quantitative estimate of drug-likeness (QED) is 0.457. The van der Waals surface area contributed by atoms with Crippen molar-refractivity contribution in [2.75, 3.05) is 0 Å². The van der Waals surface area contributed by atoms with Crippen molar-refractivity contribution in [2.24, 2.45) is 17.8 Å². The zero-order valence-corrected chi connectivity index (χ0v) is 18.9. The number of carbonyl (C=O) groups excluding carboxylic acids is 1. The van der Waals surface area contributed by atoms with E-state index in [1.807, 2.05) is 12.1 Å². The summed E-state index contributed by atoms with van der Waals surface area (Å²) in [5.74, 6) is 2.61. The van der Waals surface area contributed by atoms with Crippen molar-refractivity contribution < 1.29 is 9.53 Å². The lowest BCUT2D eigenvalue weighted by molar-refractivity contribution is -0.0440. The number of ether oxygens (including phenoxy) is 1. The van der Waals surface area contributed by atoms with Gasteiger partial charge in [-0.3, -0.25) is 4.79 Å². The van der Waals surface area contributed by atoms with Gasteiger partial charge in [-0.15, -0.1) is 0 Å². The molecule has 0 amide bonds. The summed E-state index contributed by atoms with van der Waals surface area (Å²) < 4.78 is 8.20. The molecule has 2 heterocycles. The zero-order valence-electron chi connectivity index (χ0n) is 18.9. The first kappa shape index (κ1) is 19.9. The number of aromatic nitrogens is 4. The molecule has 2 aromatic heterocycles. The molecule has 0 atom stereocenters. The van der Waals surface area contributed by atoms with Crippen LogP contribution >= 0.6 is 0 Å². The van der Waals surface area contributed by atoms with E-state index in [0.717, 1.165) is 34.6 Å². The number of hydrogen-bond donors (Lipinski definition) is 1. The van der Waals surface area contributed by atoms with Gasteiger partial charge < -0.3 is 9.30 Å². The van der Waals surface area contributed by atoms with Crippen molar-refractivity contribution >= 4 is 27.8 Å². The van der Waals surface area contributed by atoms with Gasteiger partial charge in [-0.2, -0.15) is 5.10 Å². The van der Waals surface area contributed by atoms with Gasteiger partial charge in [0.1, 0.15) is 12.4 Å². The predicted octanol–water partition coefficient (Wildman–Crippen LogP) is 4.56. The molecule has 7 nitrogen and oxygen atoms in total. The minimum Gasteiger partial charge on any atom is -0.453 e. The van der Waals surface area contributed by atoms with Crippen LogP contribution in [0.2, 0.25) is 0 Å². The summed E-state index contributed by atoms with van der Waals surface area (Å²) in [4.78, 5) is 30.1. The summed E-state index contributed by atoms with van der Waals surface area (Å²) in [5, 5.41) is 7.33. The lowest BCUT2D eigenvalue weighted by atomic mass is 9.53. The Morgan fingerprint density at radius 2 is 1.62 bits per heavy atom. The Morgan fingerprint density at radius 1 is 0.971 bits per heavy atom. The van der Waals surface area contributed by atoms with E-state index >= 15 is 0 Å². The second-order valence-corrected chi connectivity index (χ2v) is 10.5. The van der Waals surface area contributed by atoms with Crippen molar-refractivity contribution in [1.82, 2.24) is 19.7 Å². The summed E-state index contributed by atoms with van der Waals surface area (Å²) in [6, 6.07) is 15.2. The fourth-order valence-corrected chi connectivity index (χ4v) is 7.51. The lowest BCUT2D eigenvalue weighted by Crippen LogP contribution is -2.52. The van der Waals surface area contributed by atoms with Gasteiger partial charge in [0.25, 0.3) is 5.56 Å². The zero-order chi connectivity index (χ0) is 22.9. The van der Waals surface area contributed by atoms with Crippen LogP contribution in [0.15, 0.2) is 53.3 Å². The molecule has 8 rings (SSSR count). The van der Waals surface area contributed by atoms with E-state index in [1.165, 1.54) is 38.5 Å². The van der Waals surface area contributed by atoms with E-state index in [4.69, 9.17) is 9.72 Å². The third-order valence-electron chi connectivity index (χ3n) is 8.33. The molecule has 4 bridgehead atoms. The Labute approximate surface area is 196 Å². The molecule has 0 aliphatic heterocycles. The molecule has 4 saturated carbocycles. The molecule has 4 fully saturated rings. The number of esters is 1. The highest BCUT2D eigenvalue weighted by molar-refractivity contribution is 6.02. The van der Waals surface area contributed by atoms with Crippen LogP contribution < -0.4 is 5.56 Å². The number of carbonyl (C=O) groups is 1. The molecule has 7 heteroatoms. The smallest absolute Gasteiger partial charge is 0.359 e. The SMILES string of the molecule is O=C(OCc1nc2ccccc2n1C12CC3CC(CC(C3)C1)C2)c1n[nH]c(=O)c2ccccc12. The number of benzene rings is 2. The van der Waals surface area contributed by atoms with E-state index in [9.17, 15) is 9.59 Å². The average molecular weight is 455 g/mol.